The molecule has 0 bridgehead atoms. The van der Waals surface area contributed by atoms with Gasteiger partial charge >= 0.3 is 0 Å². The monoisotopic (exact) mass is 444 g/mol. The molecule has 2 aromatic carbocycles. The first kappa shape index (κ1) is 22.9. The van der Waals surface area contributed by atoms with Crippen LogP contribution in [0.1, 0.15) is 57.3 Å². The van der Waals surface area contributed by atoms with Crippen molar-refractivity contribution in [1.29, 1.82) is 0 Å². The number of benzene rings is 2. The number of anilines is 1. The summed E-state index contributed by atoms with van der Waals surface area (Å²) in [4.78, 5) is 21.0. The third-order valence-electron chi connectivity index (χ3n) is 6.00. The van der Waals surface area contributed by atoms with Crippen LogP contribution < -0.4 is 15.8 Å². The van der Waals surface area contributed by atoms with E-state index in [4.69, 9.17) is 10.5 Å². The first-order valence-electron chi connectivity index (χ1n) is 11.4. The highest BCUT2D eigenvalue weighted by molar-refractivity contribution is 5.96. The van der Waals surface area contributed by atoms with E-state index in [9.17, 15) is 4.79 Å². The molecule has 0 amide bonds. The second-order valence-electron chi connectivity index (χ2n) is 10.3. The minimum atomic E-state index is 0.0391. The molecule has 1 fully saturated rings. The van der Waals surface area contributed by atoms with Crippen LogP contribution in [-0.4, -0.2) is 26.8 Å². The van der Waals surface area contributed by atoms with Gasteiger partial charge in [-0.1, -0.05) is 12.1 Å². The van der Waals surface area contributed by atoms with Gasteiger partial charge in [-0.25, -0.2) is 9.97 Å². The third kappa shape index (κ3) is 5.96. The number of nitrogens with two attached hydrogens (primary N) is 1. The first-order chi connectivity index (χ1) is 15.6. The number of piperidine rings is 1. The van der Waals surface area contributed by atoms with E-state index in [0.29, 0.717) is 23.8 Å². The molecule has 0 radical (unpaired) electrons. The Morgan fingerprint density at radius 1 is 0.970 bits per heavy atom. The van der Waals surface area contributed by atoms with Gasteiger partial charge in [0.1, 0.15) is 11.5 Å². The van der Waals surface area contributed by atoms with Crippen LogP contribution in [0, 0.1) is 5.92 Å². The van der Waals surface area contributed by atoms with Crippen LogP contribution in [0.5, 0.6) is 11.5 Å². The van der Waals surface area contributed by atoms with Gasteiger partial charge in [-0.2, -0.15) is 0 Å². The van der Waals surface area contributed by atoms with Crippen LogP contribution in [0.3, 0.4) is 0 Å². The molecular weight excluding hydrogens is 412 g/mol. The highest BCUT2D eigenvalue weighted by Crippen LogP contribution is 2.35. The summed E-state index contributed by atoms with van der Waals surface area (Å²) in [6, 6.07) is 15.1. The molecule has 1 aromatic heterocycles. The van der Waals surface area contributed by atoms with Gasteiger partial charge in [0.15, 0.2) is 5.78 Å². The third-order valence-corrected chi connectivity index (χ3v) is 6.00. The maximum Gasteiger partial charge on any atom is 0.219 e. The molecule has 172 valence electrons. The number of hydrogen-bond donors (Lipinski definition) is 2. The lowest BCUT2D eigenvalue weighted by molar-refractivity contribution is 0.0864. The molecule has 3 aromatic rings. The maximum absolute atomic E-state index is 12.9. The molecule has 1 aliphatic heterocycles. The number of hydrogen-bond acceptors (Lipinski definition) is 6. The largest absolute Gasteiger partial charge is 0.457 e. The number of carbonyl (C=O) groups excluding carboxylic acids is 1. The molecular formula is C27H32N4O2. The lowest BCUT2D eigenvalue weighted by atomic mass is 9.74. The van der Waals surface area contributed by atoms with Crippen LogP contribution in [0.15, 0.2) is 60.9 Å². The fraction of sp³-hybridized carbons (Fsp3) is 0.370. The minimum absolute atomic E-state index is 0.0391. The second kappa shape index (κ2) is 8.94. The number of ketones is 1. The van der Waals surface area contributed by atoms with Gasteiger partial charge < -0.3 is 15.8 Å². The number of aromatic nitrogens is 2. The summed E-state index contributed by atoms with van der Waals surface area (Å²) >= 11 is 0. The first-order valence-corrected chi connectivity index (χ1v) is 11.4. The van der Waals surface area contributed by atoms with Crippen molar-refractivity contribution >= 4 is 11.7 Å². The molecule has 33 heavy (non-hydrogen) atoms. The summed E-state index contributed by atoms with van der Waals surface area (Å²) in [5, 5.41) is 3.68. The molecule has 6 nitrogen and oxygen atoms in total. The zero-order chi connectivity index (χ0) is 23.6. The lowest BCUT2D eigenvalue weighted by Crippen LogP contribution is -2.57. The standard InChI is InChI=1S/C27H32N4O2/c1-26(2)14-18(15-27(3,4)31-26)12-24(32)19-8-10-22(11-9-19)33-23-7-5-6-20(13-23)21-16-29-25(28)30-17-21/h5-11,13,16-18,31H,12,14-15H2,1-4H3,(H2,28,29,30). The number of ether oxygens (including phenoxy) is 1. The van der Waals surface area contributed by atoms with Gasteiger partial charge in [0.25, 0.3) is 0 Å². The Morgan fingerprint density at radius 3 is 2.24 bits per heavy atom. The van der Waals surface area contributed by atoms with Crippen molar-refractivity contribution in [3.63, 3.8) is 0 Å². The van der Waals surface area contributed by atoms with E-state index in [-0.39, 0.29) is 22.8 Å². The van der Waals surface area contributed by atoms with Crippen molar-refractivity contribution in [1.82, 2.24) is 15.3 Å². The summed E-state index contributed by atoms with van der Waals surface area (Å²) in [6.07, 6.45) is 5.94. The molecule has 0 aliphatic carbocycles. The molecule has 0 unspecified atom stereocenters. The average Bonchev–Trinajstić information content (AvgIpc) is 2.72. The highest BCUT2D eigenvalue weighted by Gasteiger charge is 2.38. The fourth-order valence-corrected chi connectivity index (χ4v) is 5.13. The van der Waals surface area contributed by atoms with Crippen molar-refractivity contribution in [2.45, 2.75) is 58.0 Å². The normalized spacial score (nSPS) is 17.5. The predicted octanol–water partition coefficient (Wildman–Crippen LogP) is 5.65. The molecule has 0 atom stereocenters. The summed E-state index contributed by atoms with van der Waals surface area (Å²) in [5.74, 6) is 2.18. The second-order valence-corrected chi connectivity index (χ2v) is 10.3. The fourth-order valence-electron chi connectivity index (χ4n) is 5.13. The molecule has 0 spiro atoms. The summed E-state index contributed by atoms with van der Waals surface area (Å²) in [5.41, 5.74) is 8.18. The molecule has 1 aliphatic rings. The van der Waals surface area contributed by atoms with Crippen molar-refractivity contribution in [3.8, 4) is 22.6 Å². The predicted molar refractivity (Wildman–Crippen MR) is 131 cm³/mol. The molecule has 2 heterocycles. The molecule has 6 heteroatoms. The van der Waals surface area contributed by atoms with E-state index < -0.39 is 0 Å². The van der Waals surface area contributed by atoms with Crippen molar-refractivity contribution in [2.75, 3.05) is 5.73 Å². The zero-order valence-corrected chi connectivity index (χ0v) is 19.8. The van der Waals surface area contributed by atoms with Gasteiger partial charge in [0.2, 0.25) is 5.95 Å². The van der Waals surface area contributed by atoms with Gasteiger partial charge in [0, 0.05) is 41.0 Å². The Kier molecular flexibility index (Phi) is 6.21. The SMILES string of the molecule is CC1(C)CC(CC(=O)c2ccc(Oc3cccc(-c4cnc(N)nc4)c3)cc2)CC(C)(C)N1. The van der Waals surface area contributed by atoms with Crippen molar-refractivity contribution in [2.24, 2.45) is 5.92 Å². The van der Waals surface area contributed by atoms with Gasteiger partial charge in [-0.3, -0.25) is 4.79 Å². The summed E-state index contributed by atoms with van der Waals surface area (Å²) in [6.45, 7) is 8.86. The Hall–Kier alpha value is -3.25. The Morgan fingerprint density at radius 2 is 1.61 bits per heavy atom. The number of nitrogens with one attached hydrogen (secondary N) is 1. The van der Waals surface area contributed by atoms with E-state index in [1.165, 1.54) is 0 Å². The summed E-state index contributed by atoms with van der Waals surface area (Å²) in [7, 11) is 0. The van der Waals surface area contributed by atoms with E-state index in [1.807, 2.05) is 48.5 Å². The van der Waals surface area contributed by atoms with Crippen LogP contribution in [0.25, 0.3) is 11.1 Å². The number of Topliss-reactive ketones (excluding diaryl/α,β-unsaturated/α-hetero) is 1. The lowest BCUT2D eigenvalue weighted by Gasteiger charge is -2.46. The van der Waals surface area contributed by atoms with Crippen LogP contribution in [-0.2, 0) is 0 Å². The van der Waals surface area contributed by atoms with Gasteiger partial charge in [-0.15, -0.1) is 0 Å². The highest BCUT2D eigenvalue weighted by atomic mass is 16.5. The van der Waals surface area contributed by atoms with E-state index in [0.717, 1.165) is 29.5 Å². The maximum atomic E-state index is 12.9. The molecule has 3 N–H and O–H groups in total. The van der Waals surface area contributed by atoms with Crippen LogP contribution in [0.4, 0.5) is 5.95 Å². The Bertz CT molecular complexity index is 1110. The van der Waals surface area contributed by atoms with Crippen molar-refractivity contribution in [3.05, 3.63) is 66.5 Å². The summed E-state index contributed by atoms with van der Waals surface area (Å²) < 4.78 is 6.02. The zero-order valence-electron chi connectivity index (χ0n) is 19.8. The average molecular weight is 445 g/mol. The molecule has 1 saturated heterocycles. The van der Waals surface area contributed by atoms with Crippen LogP contribution in [0.2, 0.25) is 0 Å². The number of nitrogens with zero attached hydrogens (tertiary/aromatic N) is 2. The van der Waals surface area contributed by atoms with E-state index >= 15 is 0 Å². The number of carbonyl (C=O) groups is 1. The van der Waals surface area contributed by atoms with Gasteiger partial charge in [-0.05, 0) is 88.4 Å². The van der Waals surface area contributed by atoms with Gasteiger partial charge in [0.05, 0.1) is 0 Å². The van der Waals surface area contributed by atoms with Crippen molar-refractivity contribution < 1.29 is 9.53 Å². The number of nitrogen functional groups attached to an aromatic ring is 1. The Balaban J connectivity index is 1.41. The topological polar surface area (TPSA) is 90.1 Å². The smallest absolute Gasteiger partial charge is 0.219 e. The van der Waals surface area contributed by atoms with E-state index in [2.05, 4.69) is 43.0 Å². The van der Waals surface area contributed by atoms with E-state index in [1.54, 1.807) is 12.4 Å². The molecule has 4 rings (SSSR count). The number of rotatable bonds is 6. The van der Waals surface area contributed by atoms with Crippen LogP contribution >= 0.6 is 0 Å². The Labute approximate surface area is 195 Å². The molecule has 0 saturated carbocycles. The quantitative estimate of drug-likeness (QED) is 0.478. The minimum Gasteiger partial charge on any atom is -0.457 e.